The Morgan fingerprint density at radius 3 is 2.68 bits per heavy atom. The van der Waals surface area contributed by atoms with Crippen LogP contribution in [-0.4, -0.2) is 40.9 Å². The van der Waals surface area contributed by atoms with Crippen LogP contribution >= 0.6 is 11.8 Å². The molecule has 0 spiro atoms. The summed E-state index contributed by atoms with van der Waals surface area (Å²) in [6.45, 7) is 1.29. The third kappa shape index (κ3) is 4.43. The molecule has 0 bridgehead atoms. The van der Waals surface area contributed by atoms with Crippen LogP contribution in [0.15, 0.2) is 24.3 Å². The highest BCUT2D eigenvalue weighted by molar-refractivity contribution is 8.00. The number of thioether (sulfide) groups is 1. The van der Waals surface area contributed by atoms with E-state index in [0.717, 1.165) is 0 Å². The highest BCUT2D eigenvalue weighted by atomic mass is 32.2. The molecule has 2 atom stereocenters. The van der Waals surface area contributed by atoms with Crippen molar-refractivity contribution >= 4 is 29.4 Å². The first-order valence-corrected chi connectivity index (χ1v) is 7.36. The second-order valence-electron chi connectivity index (χ2n) is 4.34. The lowest BCUT2D eigenvalue weighted by molar-refractivity contribution is -0.384. The fourth-order valence-electron chi connectivity index (χ4n) is 1.71. The molecule has 0 aromatic heterocycles. The number of nitro groups is 1. The van der Waals surface area contributed by atoms with Crippen molar-refractivity contribution in [3.63, 3.8) is 0 Å². The summed E-state index contributed by atoms with van der Waals surface area (Å²) in [4.78, 5) is 32.6. The molecule has 1 heterocycles. The summed E-state index contributed by atoms with van der Waals surface area (Å²) in [6, 6.07) is 5.11. The second-order valence-corrected chi connectivity index (χ2v) is 5.53. The third-order valence-corrected chi connectivity index (χ3v) is 3.77. The smallest absolute Gasteiger partial charge is 0.338 e. The number of nitrogens with zero attached hydrogens (tertiary/aromatic N) is 1. The van der Waals surface area contributed by atoms with Crippen LogP contribution in [-0.2, 0) is 19.0 Å². The lowest BCUT2D eigenvalue weighted by atomic mass is 10.2. The van der Waals surface area contributed by atoms with Gasteiger partial charge in [-0.1, -0.05) is 0 Å². The van der Waals surface area contributed by atoms with Crippen LogP contribution in [0, 0.1) is 10.1 Å². The van der Waals surface area contributed by atoms with Gasteiger partial charge in [-0.25, -0.2) is 4.79 Å². The summed E-state index contributed by atoms with van der Waals surface area (Å²) in [5.74, 6) is -0.566. The Morgan fingerprint density at radius 2 is 2.09 bits per heavy atom. The Hall–Kier alpha value is -2.13. The maximum Gasteiger partial charge on any atom is 0.338 e. The van der Waals surface area contributed by atoms with Gasteiger partial charge in [0.05, 0.1) is 16.2 Å². The first kappa shape index (κ1) is 16.2. The van der Waals surface area contributed by atoms with E-state index in [2.05, 4.69) is 0 Å². The zero-order valence-electron chi connectivity index (χ0n) is 11.6. The number of esters is 2. The van der Waals surface area contributed by atoms with Gasteiger partial charge in [-0.15, -0.1) is 11.8 Å². The molecule has 1 fully saturated rings. The van der Waals surface area contributed by atoms with Gasteiger partial charge in [0, 0.05) is 19.1 Å². The van der Waals surface area contributed by atoms with Crippen LogP contribution in [0.1, 0.15) is 17.3 Å². The summed E-state index contributed by atoms with van der Waals surface area (Å²) < 4.78 is 15.3. The number of rotatable bonds is 5. The number of hydrogen-bond acceptors (Lipinski definition) is 8. The van der Waals surface area contributed by atoms with Gasteiger partial charge in [-0.3, -0.25) is 14.9 Å². The average Bonchev–Trinajstić information content (AvgIpc) is 2.91. The predicted molar refractivity (Wildman–Crippen MR) is 76.3 cm³/mol. The van der Waals surface area contributed by atoms with Crippen molar-refractivity contribution in [1.82, 2.24) is 0 Å². The van der Waals surface area contributed by atoms with Crippen molar-refractivity contribution in [2.24, 2.45) is 0 Å². The minimum absolute atomic E-state index is 0.00173. The van der Waals surface area contributed by atoms with E-state index in [1.165, 1.54) is 43.0 Å². The maximum absolute atomic E-state index is 11.8. The van der Waals surface area contributed by atoms with E-state index < -0.39 is 28.6 Å². The maximum atomic E-state index is 11.8. The van der Waals surface area contributed by atoms with Gasteiger partial charge >= 0.3 is 11.9 Å². The van der Waals surface area contributed by atoms with Crippen molar-refractivity contribution in [3.8, 4) is 0 Å². The van der Waals surface area contributed by atoms with Crippen LogP contribution in [0.3, 0.4) is 0 Å². The SMILES string of the molecule is CC(=O)OC1CSC(COC(=O)c2ccc([N+](=O)[O-])cc2)O1. The Labute approximate surface area is 129 Å². The molecule has 118 valence electrons. The quantitative estimate of drug-likeness (QED) is 0.457. The molecule has 0 saturated carbocycles. The summed E-state index contributed by atoms with van der Waals surface area (Å²) in [7, 11) is 0. The largest absolute Gasteiger partial charge is 0.458 e. The van der Waals surface area contributed by atoms with Gasteiger partial charge in [0.25, 0.3) is 5.69 Å². The fourth-order valence-corrected chi connectivity index (χ4v) is 2.60. The van der Waals surface area contributed by atoms with Crippen LogP contribution in [0.2, 0.25) is 0 Å². The predicted octanol–water partition coefficient (Wildman–Crippen LogP) is 1.73. The molecule has 1 aromatic rings. The first-order chi connectivity index (χ1) is 10.5. The Kier molecular flexibility index (Phi) is 5.34. The molecule has 2 unspecified atom stereocenters. The average molecular weight is 327 g/mol. The van der Waals surface area contributed by atoms with Crippen LogP contribution < -0.4 is 0 Å². The number of ether oxygens (including phenoxy) is 3. The normalized spacial score (nSPS) is 20.4. The monoisotopic (exact) mass is 327 g/mol. The molecule has 22 heavy (non-hydrogen) atoms. The summed E-state index contributed by atoms with van der Waals surface area (Å²) in [5, 5.41) is 10.5. The molecule has 1 saturated heterocycles. The van der Waals surface area contributed by atoms with Gasteiger partial charge in [0.15, 0.2) is 0 Å². The van der Waals surface area contributed by atoms with Gasteiger partial charge in [0.2, 0.25) is 6.29 Å². The number of carbonyl (C=O) groups is 2. The molecule has 0 radical (unpaired) electrons. The third-order valence-electron chi connectivity index (χ3n) is 2.68. The molecule has 1 aliphatic rings. The number of hydrogen-bond donors (Lipinski definition) is 0. The molecule has 0 N–H and O–H groups in total. The lowest BCUT2D eigenvalue weighted by Crippen LogP contribution is -2.22. The van der Waals surface area contributed by atoms with E-state index in [-0.39, 0.29) is 17.9 Å². The zero-order chi connectivity index (χ0) is 16.1. The Morgan fingerprint density at radius 1 is 1.41 bits per heavy atom. The summed E-state index contributed by atoms with van der Waals surface area (Å²) >= 11 is 1.37. The zero-order valence-corrected chi connectivity index (χ0v) is 12.4. The highest BCUT2D eigenvalue weighted by Crippen LogP contribution is 2.26. The van der Waals surface area contributed by atoms with Crippen molar-refractivity contribution < 1.29 is 28.7 Å². The Bertz CT molecular complexity index is 574. The summed E-state index contributed by atoms with van der Waals surface area (Å²) in [6.07, 6.45) is -0.634. The van der Waals surface area contributed by atoms with Gasteiger partial charge in [-0.2, -0.15) is 0 Å². The topological polar surface area (TPSA) is 105 Å². The molecule has 0 aliphatic carbocycles. The van der Waals surface area contributed by atoms with Crippen molar-refractivity contribution in [2.75, 3.05) is 12.4 Å². The minimum atomic E-state index is -0.634. The molecule has 1 aliphatic heterocycles. The van der Waals surface area contributed by atoms with Gasteiger partial charge < -0.3 is 14.2 Å². The second kappa shape index (κ2) is 7.23. The molecule has 0 amide bonds. The molecule has 2 rings (SSSR count). The number of non-ortho nitro benzene ring substituents is 1. The van der Waals surface area contributed by atoms with Gasteiger partial charge in [-0.05, 0) is 12.1 Å². The van der Waals surface area contributed by atoms with Gasteiger partial charge in [0.1, 0.15) is 12.0 Å². The van der Waals surface area contributed by atoms with Crippen LogP contribution in [0.25, 0.3) is 0 Å². The molecule has 1 aromatic carbocycles. The van der Waals surface area contributed by atoms with Crippen molar-refractivity contribution in [2.45, 2.75) is 18.6 Å². The van der Waals surface area contributed by atoms with E-state index in [4.69, 9.17) is 14.2 Å². The molecular weight excluding hydrogens is 314 g/mol. The molecular formula is C13H13NO7S. The summed E-state index contributed by atoms with van der Waals surface area (Å²) in [5.41, 5.74) is -0.299. The molecule has 8 nitrogen and oxygen atoms in total. The lowest BCUT2D eigenvalue weighted by Gasteiger charge is -2.12. The number of nitro benzene ring substituents is 1. The van der Waals surface area contributed by atoms with E-state index in [0.29, 0.717) is 5.75 Å². The standard InChI is InChI=1S/C13H13NO7S/c1-8(15)20-11-7-22-12(21-11)6-19-13(16)9-2-4-10(5-3-9)14(17)18/h2-5,11-12H,6-7H2,1H3. The van der Waals surface area contributed by atoms with Crippen molar-refractivity contribution in [1.29, 1.82) is 0 Å². The number of benzene rings is 1. The van der Waals surface area contributed by atoms with E-state index in [9.17, 15) is 19.7 Å². The van der Waals surface area contributed by atoms with Crippen LogP contribution in [0.5, 0.6) is 0 Å². The highest BCUT2D eigenvalue weighted by Gasteiger charge is 2.29. The molecule has 9 heteroatoms. The van der Waals surface area contributed by atoms with Crippen LogP contribution in [0.4, 0.5) is 5.69 Å². The van der Waals surface area contributed by atoms with E-state index in [1.807, 2.05) is 0 Å². The fraction of sp³-hybridized carbons (Fsp3) is 0.385. The van der Waals surface area contributed by atoms with E-state index >= 15 is 0 Å². The van der Waals surface area contributed by atoms with E-state index in [1.54, 1.807) is 0 Å². The minimum Gasteiger partial charge on any atom is -0.458 e. The van der Waals surface area contributed by atoms with Crippen molar-refractivity contribution in [3.05, 3.63) is 39.9 Å². The Balaban J connectivity index is 1.80. The first-order valence-electron chi connectivity index (χ1n) is 6.31. The number of carbonyl (C=O) groups excluding carboxylic acids is 2.